The summed E-state index contributed by atoms with van der Waals surface area (Å²) in [7, 11) is 1.24. The number of rotatable bonds is 11. The van der Waals surface area contributed by atoms with Crippen LogP contribution in [-0.2, 0) is 14.3 Å². The Bertz CT molecular complexity index is 1580. The van der Waals surface area contributed by atoms with E-state index in [4.69, 9.17) is 5.73 Å². The Labute approximate surface area is 256 Å². The van der Waals surface area contributed by atoms with Crippen molar-refractivity contribution in [3.05, 3.63) is 84.6 Å². The van der Waals surface area contributed by atoms with Crippen LogP contribution in [0.25, 0.3) is 10.8 Å². The quantitative estimate of drug-likeness (QED) is 0.129. The van der Waals surface area contributed by atoms with Gasteiger partial charge in [0, 0.05) is 27.9 Å². The Hall–Kier alpha value is -5.11. The summed E-state index contributed by atoms with van der Waals surface area (Å²) in [4.78, 5) is 40.6. The van der Waals surface area contributed by atoms with Crippen molar-refractivity contribution in [3.63, 3.8) is 0 Å². The molecule has 11 nitrogen and oxygen atoms in total. The summed E-state index contributed by atoms with van der Waals surface area (Å²) in [5.74, 6) is -0.847. The van der Waals surface area contributed by atoms with Crippen molar-refractivity contribution < 1.29 is 37.7 Å². The molecule has 0 fully saturated rings. The number of carbonyl (C=O) groups excluding carboxylic acids is 2. The fraction of sp³-hybridized carbons (Fsp3) is 0.200. The van der Waals surface area contributed by atoms with Gasteiger partial charge in [-0.1, -0.05) is 18.2 Å². The minimum absolute atomic E-state index is 0.0725. The lowest BCUT2D eigenvalue weighted by Gasteiger charge is -2.21. The van der Waals surface area contributed by atoms with Crippen molar-refractivity contribution in [2.75, 3.05) is 36.3 Å². The van der Waals surface area contributed by atoms with Crippen molar-refractivity contribution >= 4 is 57.7 Å². The van der Waals surface area contributed by atoms with E-state index in [1.54, 1.807) is 48.7 Å². The van der Waals surface area contributed by atoms with Gasteiger partial charge in [0.2, 0.25) is 5.91 Å². The molecule has 0 aliphatic carbocycles. The van der Waals surface area contributed by atoms with E-state index < -0.39 is 24.7 Å². The highest BCUT2D eigenvalue weighted by Gasteiger charge is 2.22. The van der Waals surface area contributed by atoms with Gasteiger partial charge >= 0.3 is 18.7 Å². The molecule has 2 amide bonds. The van der Waals surface area contributed by atoms with Crippen molar-refractivity contribution in [3.8, 4) is 5.75 Å². The largest absolute Gasteiger partial charge is 0.481 e. The van der Waals surface area contributed by atoms with Crippen LogP contribution in [0.3, 0.4) is 0 Å². The lowest BCUT2D eigenvalue weighted by Crippen LogP contribution is -2.34. The number of para-hydroxylation sites is 1. The first-order valence-corrected chi connectivity index (χ1v) is 14.2. The second-order valence-electron chi connectivity index (χ2n) is 8.97. The number of fused-ring (bicyclic) bond motifs is 1. The minimum Gasteiger partial charge on any atom is -0.481 e. The number of aliphatic carboxylic acids is 1. The van der Waals surface area contributed by atoms with Crippen molar-refractivity contribution in [2.24, 2.45) is 0 Å². The summed E-state index contributed by atoms with van der Waals surface area (Å²) in [6.45, 7) is -2.81. The van der Waals surface area contributed by atoms with Crippen molar-refractivity contribution in [1.82, 2.24) is 10.3 Å². The van der Waals surface area contributed by atoms with E-state index in [0.29, 0.717) is 22.8 Å². The third kappa shape index (κ3) is 10.3. The number of nitrogens with zero attached hydrogens (tertiary/aromatic N) is 1. The highest BCUT2D eigenvalue weighted by atomic mass is 32.2. The highest BCUT2D eigenvalue weighted by Crippen LogP contribution is 2.31. The van der Waals surface area contributed by atoms with Gasteiger partial charge in [-0.3, -0.25) is 14.9 Å². The van der Waals surface area contributed by atoms with Gasteiger partial charge in [-0.15, -0.1) is 11.8 Å². The van der Waals surface area contributed by atoms with E-state index in [1.165, 1.54) is 31.0 Å². The molecule has 0 aliphatic rings. The van der Waals surface area contributed by atoms with E-state index in [1.807, 2.05) is 24.5 Å². The molecule has 0 spiro atoms. The average Bonchev–Trinajstić information content (AvgIpc) is 3.00. The Kier molecular flexibility index (Phi) is 12.5. The number of ether oxygens (including phenoxy) is 2. The van der Waals surface area contributed by atoms with Crippen molar-refractivity contribution in [2.45, 2.75) is 24.0 Å². The number of methoxy groups -OCH3 is 1. The summed E-state index contributed by atoms with van der Waals surface area (Å²) in [5.41, 5.74) is 7.58. The molecule has 0 saturated heterocycles. The van der Waals surface area contributed by atoms with Crippen LogP contribution in [0.5, 0.6) is 5.75 Å². The molecule has 0 radical (unpaired) electrons. The molecule has 232 valence electrons. The predicted molar refractivity (Wildman–Crippen MR) is 165 cm³/mol. The first kappa shape index (κ1) is 33.4. The van der Waals surface area contributed by atoms with Crippen LogP contribution in [0, 0.1) is 0 Å². The summed E-state index contributed by atoms with van der Waals surface area (Å²) in [6, 6.07) is 19.5. The van der Waals surface area contributed by atoms with Crippen LogP contribution in [0.1, 0.15) is 18.0 Å². The monoisotopic (exact) mass is 627 g/mol. The van der Waals surface area contributed by atoms with E-state index in [-0.39, 0.29) is 24.6 Å². The van der Waals surface area contributed by atoms with Crippen LogP contribution < -0.4 is 26.4 Å². The number of carboxylic acid groups (broad SMARTS) is 1. The van der Waals surface area contributed by atoms with Crippen LogP contribution >= 0.6 is 11.8 Å². The van der Waals surface area contributed by atoms with E-state index in [0.717, 1.165) is 15.7 Å². The first-order valence-electron chi connectivity index (χ1n) is 13.0. The number of hydrogen-bond donors (Lipinski definition) is 5. The molecule has 6 N–H and O–H groups in total. The molecule has 4 aromatic rings. The van der Waals surface area contributed by atoms with Gasteiger partial charge in [0.05, 0.1) is 26.1 Å². The molecule has 0 unspecified atom stereocenters. The number of benzene rings is 3. The zero-order valence-corrected chi connectivity index (χ0v) is 24.6. The number of carbonyl (C=O) groups is 3. The fourth-order valence-corrected chi connectivity index (χ4v) is 4.65. The molecule has 1 heterocycles. The number of alkyl halides is 2. The maximum atomic E-state index is 12.7. The Morgan fingerprint density at radius 3 is 2.41 bits per heavy atom. The first-order chi connectivity index (χ1) is 21.1. The van der Waals surface area contributed by atoms with Gasteiger partial charge in [-0.05, 0) is 71.8 Å². The van der Waals surface area contributed by atoms with Gasteiger partial charge in [0.1, 0.15) is 11.6 Å². The molecule has 1 aromatic heterocycles. The highest BCUT2D eigenvalue weighted by molar-refractivity contribution is 7.98. The summed E-state index contributed by atoms with van der Waals surface area (Å²) in [5, 5.41) is 19.5. The molecular weight excluding hydrogens is 596 g/mol. The molecule has 0 saturated carbocycles. The number of nitrogens with two attached hydrogens (primary N) is 1. The maximum absolute atomic E-state index is 12.7. The van der Waals surface area contributed by atoms with Crippen LogP contribution in [0.15, 0.2) is 83.9 Å². The number of thioether (sulfide) groups is 1. The van der Waals surface area contributed by atoms with Gasteiger partial charge in [0.15, 0.2) is 0 Å². The number of nitrogen functional groups attached to an aromatic ring is 1. The second kappa shape index (κ2) is 16.5. The molecular formula is C30H31F2N5O6S. The Balaban J connectivity index is 0.000000448. The normalized spacial score (nSPS) is 11.1. The Morgan fingerprint density at radius 2 is 1.75 bits per heavy atom. The summed E-state index contributed by atoms with van der Waals surface area (Å²) >= 11 is 1.40. The number of halogens is 2. The SMILES string of the molecule is COC(=O)Nc1ccc(SC)c([C@@H](CC(=O)O)NC(=O)CNc2ccc3c(N)nccc3c2)c1.FC(F)Oc1ccccc1. The van der Waals surface area contributed by atoms with Crippen molar-refractivity contribution in [1.29, 1.82) is 0 Å². The lowest BCUT2D eigenvalue weighted by molar-refractivity contribution is -0.137. The molecule has 0 bridgehead atoms. The van der Waals surface area contributed by atoms with E-state index in [9.17, 15) is 28.3 Å². The second-order valence-corrected chi connectivity index (χ2v) is 9.82. The van der Waals surface area contributed by atoms with Crippen LogP contribution in [0.2, 0.25) is 0 Å². The van der Waals surface area contributed by atoms with E-state index in [2.05, 4.69) is 30.4 Å². The number of hydrogen-bond acceptors (Lipinski definition) is 9. The van der Waals surface area contributed by atoms with Gasteiger partial charge in [-0.2, -0.15) is 8.78 Å². The summed E-state index contributed by atoms with van der Waals surface area (Å²) < 4.78 is 31.7. The molecule has 4 rings (SSSR count). The molecule has 3 aromatic carbocycles. The van der Waals surface area contributed by atoms with E-state index >= 15 is 0 Å². The smallest absolute Gasteiger partial charge is 0.411 e. The minimum atomic E-state index is -2.73. The number of amides is 2. The Morgan fingerprint density at radius 1 is 1.02 bits per heavy atom. The number of pyridine rings is 1. The predicted octanol–water partition coefficient (Wildman–Crippen LogP) is 5.75. The van der Waals surface area contributed by atoms with Gasteiger partial charge < -0.3 is 30.9 Å². The zero-order valence-electron chi connectivity index (χ0n) is 23.8. The number of nitrogens with one attached hydrogen (secondary N) is 3. The molecule has 44 heavy (non-hydrogen) atoms. The number of carboxylic acids is 1. The molecule has 0 aliphatic heterocycles. The number of aromatic nitrogens is 1. The molecule has 14 heteroatoms. The van der Waals surface area contributed by atoms with Gasteiger partial charge in [-0.25, -0.2) is 9.78 Å². The van der Waals surface area contributed by atoms with Gasteiger partial charge in [0.25, 0.3) is 0 Å². The fourth-order valence-electron chi connectivity index (χ4n) is 4.01. The third-order valence-electron chi connectivity index (χ3n) is 5.97. The number of anilines is 3. The molecule has 1 atom stereocenters. The third-order valence-corrected chi connectivity index (χ3v) is 6.78. The topological polar surface area (TPSA) is 165 Å². The summed E-state index contributed by atoms with van der Waals surface area (Å²) in [6.07, 6.45) is 2.47. The maximum Gasteiger partial charge on any atom is 0.411 e. The van der Waals surface area contributed by atoms with Crippen LogP contribution in [0.4, 0.5) is 30.8 Å². The average molecular weight is 628 g/mol. The lowest BCUT2D eigenvalue weighted by atomic mass is 10.0. The standard InChI is InChI=1S/C23H25N5O5S.C7H6F2O/c1-33-23(32)27-15-4-6-19(34-2)17(10-15)18(11-21(30)31)28-20(29)12-26-14-3-5-16-13(9-14)7-8-25-22(16)24;8-7(9)10-6-4-2-1-3-5-6/h3-10,18,26H,11-12H2,1-2H3,(H2,24,25)(H,27,32)(H,28,29)(H,30,31);1-5,7H/t18-;/m1./s1. The zero-order chi connectivity index (χ0) is 32.1. The van der Waals surface area contributed by atoms with Crippen LogP contribution in [-0.4, -0.2) is 54.6 Å².